The van der Waals surface area contributed by atoms with Crippen LogP contribution in [0.25, 0.3) is 28.1 Å². The number of rotatable bonds is 0. The van der Waals surface area contributed by atoms with Gasteiger partial charge < -0.3 is 0 Å². The van der Waals surface area contributed by atoms with E-state index in [0.29, 0.717) is 0 Å². The molecule has 0 radical (unpaired) electrons. The van der Waals surface area contributed by atoms with Gasteiger partial charge >= 0.3 is 0 Å². The van der Waals surface area contributed by atoms with Crippen molar-refractivity contribution in [3.05, 3.63) is 48.7 Å². The molecule has 20 heavy (non-hydrogen) atoms. The van der Waals surface area contributed by atoms with Crippen molar-refractivity contribution < 1.29 is 4.57 Å². The van der Waals surface area contributed by atoms with Gasteiger partial charge in [0.2, 0.25) is 5.69 Å². The minimum absolute atomic E-state index is 0.842. The second-order valence-corrected chi connectivity index (χ2v) is 5.19. The molecule has 0 aromatic carbocycles. The van der Waals surface area contributed by atoms with Crippen LogP contribution in [0, 0.1) is 0 Å². The first-order valence-electron chi connectivity index (χ1n) is 6.63. The molecule has 4 aromatic heterocycles. The van der Waals surface area contributed by atoms with E-state index in [0.717, 1.165) is 23.4 Å². The first-order chi connectivity index (χ1) is 9.84. The number of nitrogens with zero attached hydrogens (tertiary/aromatic N) is 5. The Kier molecular flexibility index (Phi) is 1.65. The van der Waals surface area contributed by atoms with Gasteiger partial charge in [0.05, 0.1) is 11.3 Å². The largest absolute Gasteiger partial charge is 0.289 e. The molecular weight excluding hydrogens is 250 g/mol. The average Bonchev–Trinajstić information content (AvgIpc) is 3.08. The van der Waals surface area contributed by atoms with Crippen LogP contribution in [-0.4, -0.2) is 18.9 Å². The van der Waals surface area contributed by atoms with Crippen molar-refractivity contribution >= 4 is 16.8 Å². The molecule has 5 heteroatoms. The van der Waals surface area contributed by atoms with Crippen LogP contribution in [0.1, 0.15) is 5.69 Å². The molecule has 96 valence electrons. The Morgan fingerprint density at radius 2 is 2.00 bits per heavy atom. The lowest BCUT2D eigenvalue weighted by Gasteiger charge is -1.94. The number of pyridine rings is 2. The molecule has 5 nitrogen and oxygen atoms in total. The summed E-state index contributed by atoms with van der Waals surface area (Å²) < 4.78 is 6.64. The first kappa shape index (κ1) is 10.1. The van der Waals surface area contributed by atoms with E-state index in [2.05, 4.69) is 49.0 Å². The number of aromatic nitrogens is 5. The number of hydrogen-bond donors (Lipinski definition) is 0. The van der Waals surface area contributed by atoms with E-state index in [-0.39, 0.29) is 0 Å². The fourth-order valence-corrected chi connectivity index (χ4v) is 3.26. The standard InChI is InChI=1S/C15H12N5/c1-18-14-12(5-3-7-17-14)20-9-19-8-11-10(4-2-6-16-11)13(19)15(18)20/h2-7,9H,8H2,1H3/q+1. The Hall–Kier alpha value is -2.69. The maximum absolute atomic E-state index is 4.49. The fourth-order valence-electron chi connectivity index (χ4n) is 3.26. The molecule has 0 fully saturated rings. The third-order valence-electron chi connectivity index (χ3n) is 4.11. The zero-order chi connectivity index (χ0) is 13.3. The molecule has 0 aliphatic carbocycles. The molecule has 4 aromatic rings. The number of fused-ring (bicyclic) bond motifs is 7. The predicted molar refractivity (Wildman–Crippen MR) is 74.2 cm³/mol. The topological polar surface area (TPSA) is 39.0 Å². The normalized spacial score (nSPS) is 13.1. The van der Waals surface area contributed by atoms with Crippen LogP contribution >= 0.6 is 0 Å². The van der Waals surface area contributed by atoms with Gasteiger partial charge in [0.15, 0.2) is 11.2 Å². The van der Waals surface area contributed by atoms with E-state index in [4.69, 9.17) is 0 Å². The minimum Gasteiger partial charge on any atom is -0.289 e. The van der Waals surface area contributed by atoms with Gasteiger partial charge in [0.1, 0.15) is 6.54 Å². The Balaban J connectivity index is 2.01. The lowest BCUT2D eigenvalue weighted by Crippen LogP contribution is -2.29. The van der Waals surface area contributed by atoms with Crippen LogP contribution in [0.5, 0.6) is 0 Å². The van der Waals surface area contributed by atoms with Crippen LogP contribution < -0.4 is 4.57 Å². The van der Waals surface area contributed by atoms with E-state index >= 15 is 0 Å². The molecule has 5 rings (SSSR count). The summed E-state index contributed by atoms with van der Waals surface area (Å²) in [5.41, 5.74) is 6.91. The molecule has 0 unspecified atom stereocenters. The SMILES string of the molecule is Cn1c2ncccc2n2c[n+]3c(c12)-c1cccnc1C3. The molecule has 0 atom stereocenters. The van der Waals surface area contributed by atoms with Gasteiger partial charge in [-0.15, -0.1) is 0 Å². The van der Waals surface area contributed by atoms with E-state index < -0.39 is 0 Å². The molecule has 0 bridgehead atoms. The molecule has 5 heterocycles. The molecule has 0 spiro atoms. The predicted octanol–water partition coefficient (Wildman–Crippen LogP) is 1.54. The minimum atomic E-state index is 0.842. The Bertz CT molecular complexity index is 992. The van der Waals surface area contributed by atoms with Gasteiger partial charge in [0.25, 0.3) is 12.0 Å². The molecule has 0 saturated carbocycles. The smallest absolute Gasteiger partial charge is 0.256 e. The molecule has 0 saturated heterocycles. The summed E-state index contributed by atoms with van der Waals surface area (Å²) in [4.78, 5) is 8.97. The van der Waals surface area contributed by atoms with E-state index in [9.17, 15) is 0 Å². The quantitative estimate of drug-likeness (QED) is 0.397. The van der Waals surface area contributed by atoms with Crippen molar-refractivity contribution in [2.45, 2.75) is 6.54 Å². The monoisotopic (exact) mass is 262 g/mol. The van der Waals surface area contributed by atoms with Gasteiger partial charge in [-0.25, -0.2) is 9.55 Å². The van der Waals surface area contributed by atoms with Crippen LogP contribution in [0.3, 0.4) is 0 Å². The van der Waals surface area contributed by atoms with Crippen LogP contribution in [0.4, 0.5) is 0 Å². The average molecular weight is 262 g/mol. The van der Waals surface area contributed by atoms with Gasteiger partial charge in [-0.3, -0.25) is 9.55 Å². The number of aryl methyl sites for hydroxylation is 1. The Morgan fingerprint density at radius 1 is 1.15 bits per heavy atom. The van der Waals surface area contributed by atoms with E-state index in [1.165, 1.54) is 16.9 Å². The third-order valence-corrected chi connectivity index (χ3v) is 4.11. The molecule has 1 aliphatic rings. The van der Waals surface area contributed by atoms with Crippen molar-refractivity contribution in [1.29, 1.82) is 0 Å². The highest BCUT2D eigenvalue weighted by Gasteiger charge is 2.33. The lowest BCUT2D eigenvalue weighted by molar-refractivity contribution is -0.671. The summed E-state index contributed by atoms with van der Waals surface area (Å²) in [5, 5.41) is 0. The summed E-state index contributed by atoms with van der Waals surface area (Å²) >= 11 is 0. The fraction of sp³-hybridized carbons (Fsp3) is 0.133. The summed E-state index contributed by atoms with van der Waals surface area (Å²) in [6.45, 7) is 0.842. The lowest BCUT2D eigenvalue weighted by atomic mass is 10.2. The highest BCUT2D eigenvalue weighted by molar-refractivity contribution is 5.85. The first-order valence-corrected chi connectivity index (χ1v) is 6.63. The van der Waals surface area contributed by atoms with Gasteiger partial charge in [-0.2, -0.15) is 4.40 Å². The van der Waals surface area contributed by atoms with Crippen LogP contribution in [-0.2, 0) is 13.6 Å². The second kappa shape index (κ2) is 3.25. The Morgan fingerprint density at radius 3 is 2.95 bits per heavy atom. The maximum Gasteiger partial charge on any atom is 0.256 e. The number of imidazole rings is 2. The molecular formula is C15H12N5+. The second-order valence-electron chi connectivity index (χ2n) is 5.19. The van der Waals surface area contributed by atoms with Crippen molar-refractivity contribution in [3.63, 3.8) is 0 Å². The van der Waals surface area contributed by atoms with E-state index in [1.807, 2.05) is 24.5 Å². The number of hydrogen-bond acceptors (Lipinski definition) is 2. The maximum atomic E-state index is 4.49. The zero-order valence-electron chi connectivity index (χ0n) is 11.0. The summed E-state index contributed by atoms with van der Waals surface area (Å²) in [7, 11) is 2.07. The van der Waals surface area contributed by atoms with E-state index in [1.54, 1.807) is 0 Å². The van der Waals surface area contributed by atoms with Crippen molar-refractivity contribution in [2.24, 2.45) is 7.05 Å². The van der Waals surface area contributed by atoms with Crippen LogP contribution in [0.2, 0.25) is 0 Å². The van der Waals surface area contributed by atoms with Gasteiger partial charge in [0, 0.05) is 19.4 Å². The zero-order valence-corrected chi connectivity index (χ0v) is 11.0. The highest BCUT2D eigenvalue weighted by atomic mass is 15.2. The van der Waals surface area contributed by atoms with Crippen molar-refractivity contribution in [2.75, 3.05) is 0 Å². The molecule has 1 aliphatic heterocycles. The highest BCUT2D eigenvalue weighted by Crippen LogP contribution is 2.31. The van der Waals surface area contributed by atoms with Crippen LogP contribution in [0.15, 0.2) is 43.0 Å². The molecule has 0 N–H and O–H groups in total. The van der Waals surface area contributed by atoms with Gasteiger partial charge in [-0.05, 0) is 24.3 Å². The molecule has 0 amide bonds. The van der Waals surface area contributed by atoms with Gasteiger partial charge in [-0.1, -0.05) is 0 Å². The summed E-state index contributed by atoms with van der Waals surface area (Å²) in [6, 6.07) is 8.23. The van der Waals surface area contributed by atoms with Crippen molar-refractivity contribution in [3.8, 4) is 11.3 Å². The Labute approximate surface area is 114 Å². The van der Waals surface area contributed by atoms with Crippen molar-refractivity contribution in [1.82, 2.24) is 18.9 Å². The summed E-state index contributed by atoms with van der Waals surface area (Å²) in [5.74, 6) is 0. The third kappa shape index (κ3) is 1.02. The summed E-state index contributed by atoms with van der Waals surface area (Å²) in [6.07, 6.45) is 5.85.